The highest BCUT2D eigenvalue weighted by Crippen LogP contribution is 2.38. The molecule has 1 aromatic heterocycles. The van der Waals surface area contributed by atoms with Crippen molar-refractivity contribution >= 4 is 16.8 Å². The Morgan fingerprint density at radius 3 is 2.11 bits per heavy atom. The van der Waals surface area contributed by atoms with Gasteiger partial charge in [0, 0.05) is 23.7 Å². The predicted octanol–water partition coefficient (Wildman–Crippen LogP) is 4.54. The summed E-state index contributed by atoms with van der Waals surface area (Å²) in [6, 6.07) is 16.1. The van der Waals surface area contributed by atoms with Crippen LogP contribution in [0.1, 0.15) is 21.5 Å². The number of pyridine rings is 1. The van der Waals surface area contributed by atoms with Gasteiger partial charge < -0.3 is 28.8 Å². The van der Waals surface area contributed by atoms with Gasteiger partial charge in [-0.2, -0.15) is 0 Å². The van der Waals surface area contributed by atoms with E-state index in [9.17, 15) is 14.0 Å². The first-order valence-corrected chi connectivity index (χ1v) is 11.4. The fourth-order valence-corrected chi connectivity index (χ4v) is 4.07. The van der Waals surface area contributed by atoms with E-state index in [4.69, 9.17) is 18.9 Å². The van der Waals surface area contributed by atoms with Crippen LogP contribution in [0.3, 0.4) is 0 Å². The lowest BCUT2D eigenvalue weighted by atomic mass is 10.1. The number of hydrogen-bond donors (Lipinski definition) is 1. The molecule has 9 heteroatoms. The number of halogens is 1. The Kier molecular flexibility index (Phi) is 7.62. The van der Waals surface area contributed by atoms with E-state index in [1.54, 1.807) is 49.6 Å². The fourth-order valence-electron chi connectivity index (χ4n) is 4.07. The molecule has 0 aliphatic rings. The summed E-state index contributed by atoms with van der Waals surface area (Å²) < 4.78 is 34.9. The highest BCUT2D eigenvalue weighted by Gasteiger charge is 2.23. The molecule has 1 heterocycles. The zero-order chi connectivity index (χ0) is 26.5. The SMILES string of the molecule is COc1ccc2cc(CN(Cc3ccc(F)cc3)C(=O)c3cc(OC)c(OC)c(OC)c3)c(=O)[nH]c2c1. The van der Waals surface area contributed by atoms with Crippen LogP contribution in [0.25, 0.3) is 10.9 Å². The van der Waals surface area contributed by atoms with Crippen LogP contribution in [0.4, 0.5) is 4.39 Å². The van der Waals surface area contributed by atoms with Crippen LogP contribution in [0.15, 0.2) is 65.5 Å². The number of benzene rings is 3. The second-order valence-electron chi connectivity index (χ2n) is 8.28. The van der Waals surface area contributed by atoms with Crippen molar-refractivity contribution in [3.05, 3.63) is 93.5 Å². The Labute approximate surface area is 213 Å². The van der Waals surface area contributed by atoms with Crippen molar-refractivity contribution in [2.75, 3.05) is 28.4 Å². The van der Waals surface area contributed by atoms with Gasteiger partial charge in [0.05, 0.1) is 40.5 Å². The summed E-state index contributed by atoms with van der Waals surface area (Å²) in [6.07, 6.45) is 0. The molecule has 1 amide bonds. The number of aromatic amines is 1. The van der Waals surface area contributed by atoms with Crippen molar-refractivity contribution < 1.29 is 28.1 Å². The molecule has 0 atom stereocenters. The molecule has 192 valence electrons. The summed E-state index contributed by atoms with van der Waals surface area (Å²) >= 11 is 0. The fraction of sp³-hybridized carbons (Fsp3) is 0.214. The average Bonchev–Trinajstić information content (AvgIpc) is 2.92. The number of amides is 1. The van der Waals surface area contributed by atoms with Crippen LogP contribution in [-0.2, 0) is 13.1 Å². The number of H-pyrrole nitrogens is 1. The number of ether oxygens (including phenoxy) is 4. The molecule has 0 aliphatic carbocycles. The van der Waals surface area contributed by atoms with Crippen LogP contribution in [-0.4, -0.2) is 44.2 Å². The van der Waals surface area contributed by atoms with Crippen molar-refractivity contribution in [3.63, 3.8) is 0 Å². The molecule has 0 fully saturated rings. The Morgan fingerprint density at radius 2 is 1.51 bits per heavy atom. The summed E-state index contributed by atoms with van der Waals surface area (Å²) in [7, 11) is 5.96. The Hall–Kier alpha value is -4.53. The Morgan fingerprint density at radius 1 is 0.838 bits per heavy atom. The Bertz CT molecular complexity index is 1460. The summed E-state index contributed by atoms with van der Waals surface area (Å²) in [4.78, 5) is 31.1. The molecule has 1 N–H and O–H groups in total. The number of nitrogens with zero attached hydrogens (tertiary/aromatic N) is 1. The molecule has 4 aromatic rings. The summed E-state index contributed by atoms with van der Waals surface area (Å²) in [5, 5.41) is 0.789. The molecule has 8 nitrogen and oxygen atoms in total. The molecule has 0 saturated carbocycles. The van der Waals surface area contributed by atoms with Gasteiger partial charge in [-0.05, 0) is 53.4 Å². The molecular weight excluding hydrogens is 479 g/mol. The van der Waals surface area contributed by atoms with Gasteiger partial charge in [-0.1, -0.05) is 12.1 Å². The third kappa shape index (κ3) is 5.50. The van der Waals surface area contributed by atoms with Gasteiger partial charge in [0.15, 0.2) is 11.5 Å². The molecule has 4 rings (SSSR count). The number of fused-ring (bicyclic) bond motifs is 1. The minimum Gasteiger partial charge on any atom is -0.497 e. The van der Waals surface area contributed by atoms with E-state index < -0.39 is 0 Å². The van der Waals surface area contributed by atoms with Crippen LogP contribution in [0.2, 0.25) is 0 Å². The van der Waals surface area contributed by atoms with Crippen LogP contribution in [0.5, 0.6) is 23.0 Å². The monoisotopic (exact) mass is 506 g/mol. The van der Waals surface area contributed by atoms with Gasteiger partial charge in [0.2, 0.25) is 5.75 Å². The van der Waals surface area contributed by atoms with E-state index in [1.807, 2.05) is 6.07 Å². The maximum Gasteiger partial charge on any atom is 0.254 e. The zero-order valence-corrected chi connectivity index (χ0v) is 21.0. The normalized spacial score (nSPS) is 10.7. The zero-order valence-electron chi connectivity index (χ0n) is 21.0. The summed E-state index contributed by atoms with van der Waals surface area (Å²) in [5.41, 5.74) is 1.65. The third-order valence-corrected chi connectivity index (χ3v) is 5.98. The standard InChI is InChI=1S/C28H27FN2O6/c1-34-22-10-7-18-11-20(27(32)30-23(18)14-22)16-31(15-17-5-8-21(29)9-6-17)28(33)19-12-24(35-2)26(37-4)25(13-19)36-3/h5-14H,15-16H2,1-4H3,(H,30,32). The number of nitrogens with one attached hydrogen (secondary N) is 1. The molecule has 0 bridgehead atoms. The quantitative estimate of drug-likeness (QED) is 0.358. The number of aromatic nitrogens is 1. The lowest BCUT2D eigenvalue weighted by Gasteiger charge is -2.24. The van der Waals surface area contributed by atoms with Gasteiger partial charge in [-0.3, -0.25) is 9.59 Å². The van der Waals surface area contributed by atoms with E-state index in [0.717, 1.165) is 5.39 Å². The molecule has 37 heavy (non-hydrogen) atoms. The second-order valence-corrected chi connectivity index (χ2v) is 8.28. The van der Waals surface area contributed by atoms with E-state index >= 15 is 0 Å². The predicted molar refractivity (Wildman–Crippen MR) is 137 cm³/mol. The van der Waals surface area contributed by atoms with Gasteiger partial charge in [0.1, 0.15) is 11.6 Å². The van der Waals surface area contributed by atoms with E-state index in [2.05, 4.69) is 4.98 Å². The van der Waals surface area contributed by atoms with Crippen molar-refractivity contribution in [2.45, 2.75) is 13.1 Å². The number of methoxy groups -OCH3 is 4. The average molecular weight is 507 g/mol. The van der Waals surface area contributed by atoms with Crippen molar-refractivity contribution in [3.8, 4) is 23.0 Å². The smallest absolute Gasteiger partial charge is 0.254 e. The first-order chi connectivity index (χ1) is 17.9. The van der Waals surface area contributed by atoms with E-state index in [0.29, 0.717) is 39.6 Å². The molecule has 0 spiro atoms. The van der Waals surface area contributed by atoms with E-state index in [-0.39, 0.29) is 35.9 Å². The number of carbonyl (C=O) groups is 1. The topological polar surface area (TPSA) is 90.1 Å². The van der Waals surface area contributed by atoms with Gasteiger partial charge in [0.25, 0.3) is 11.5 Å². The third-order valence-electron chi connectivity index (χ3n) is 5.98. The lowest BCUT2D eigenvalue weighted by molar-refractivity contribution is 0.0728. The maximum absolute atomic E-state index is 13.8. The number of carbonyl (C=O) groups excluding carboxylic acids is 1. The Balaban J connectivity index is 1.76. The van der Waals surface area contributed by atoms with Gasteiger partial charge in [-0.25, -0.2) is 4.39 Å². The largest absolute Gasteiger partial charge is 0.497 e. The number of rotatable bonds is 9. The molecule has 0 unspecified atom stereocenters. The van der Waals surface area contributed by atoms with Crippen molar-refractivity contribution in [1.29, 1.82) is 0 Å². The highest BCUT2D eigenvalue weighted by atomic mass is 19.1. The lowest BCUT2D eigenvalue weighted by Crippen LogP contribution is -2.32. The minimum atomic E-state index is -0.382. The number of hydrogen-bond acceptors (Lipinski definition) is 6. The van der Waals surface area contributed by atoms with Crippen LogP contribution >= 0.6 is 0 Å². The highest BCUT2D eigenvalue weighted by molar-refractivity contribution is 5.95. The molecule has 3 aromatic carbocycles. The molecule has 0 radical (unpaired) electrons. The first kappa shape index (κ1) is 25.6. The minimum absolute atomic E-state index is 0.00414. The first-order valence-electron chi connectivity index (χ1n) is 11.4. The molecular formula is C28H27FN2O6. The van der Waals surface area contributed by atoms with E-state index in [1.165, 1.54) is 38.4 Å². The van der Waals surface area contributed by atoms with Crippen LogP contribution < -0.4 is 24.5 Å². The van der Waals surface area contributed by atoms with Gasteiger partial charge >= 0.3 is 0 Å². The summed E-state index contributed by atoms with van der Waals surface area (Å²) in [5.74, 6) is 0.860. The van der Waals surface area contributed by atoms with Crippen molar-refractivity contribution in [2.24, 2.45) is 0 Å². The maximum atomic E-state index is 13.8. The molecule has 0 saturated heterocycles. The van der Waals surface area contributed by atoms with Gasteiger partial charge in [-0.15, -0.1) is 0 Å². The summed E-state index contributed by atoms with van der Waals surface area (Å²) in [6.45, 7) is 0.139. The second kappa shape index (κ2) is 11.0. The molecule has 0 aliphatic heterocycles. The van der Waals surface area contributed by atoms with Crippen LogP contribution in [0, 0.1) is 5.82 Å². The van der Waals surface area contributed by atoms with Crippen molar-refractivity contribution in [1.82, 2.24) is 9.88 Å².